The summed E-state index contributed by atoms with van der Waals surface area (Å²) < 4.78 is 29.4. The van der Waals surface area contributed by atoms with Crippen molar-refractivity contribution in [2.45, 2.75) is 26.3 Å². The van der Waals surface area contributed by atoms with Crippen LogP contribution in [0.1, 0.15) is 36.7 Å². The normalized spacial score (nSPS) is 11.3. The molecule has 162 valence electrons. The number of hydrogen-bond acceptors (Lipinski definition) is 6. The van der Waals surface area contributed by atoms with Crippen molar-refractivity contribution in [2.75, 3.05) is 7.11 Å². The first-order valence-corrected chi connectivity index (χ1v) is 9.24. The summed E-state index contributed by atoms with van der Waals surface area (Å²) in [6.45, 7) is 4.96. The lowest BCUT2D eigenvalue weighted by molar-refractivity contribution is -0.120. The third kappa shape index (κ3) is 4.35. The molecule has 3 rings (SSSR count). The molecule has 3 N–H and O–H groups in total. The number of carbonyl (C=O) groups excluding carboxylic acids is 3. The molecule has 0 unspecified atom stereocenters. The Bertz CT molecular complexity index is 1180. The highest BCUT2D eigenvalue weighted by atomic mass is 19.1. The molecule has 2 amide bonds. The number of carbonyl (C=O) groups is 3. The molecule has 0 aliphatic heterocycles. The predicted molar refractivity (Wildman–Crippen MR) is 110 cm³/mol. The molecule has 0 aliphatic rings. The van der Waals surface area contributed by atoms with E-state index >= 15 is 0 Å². The summed E-state index contributed by atoms with van der Waals surface area (Å²) in [6, 6.07) is 8.43. The number of nitrogens with two attached hydrogens (primary N) is 1. The molecule has 1 aromatic heterocycles. The molecule has 0 radical (unpaired) electrons. The first-order chi connectivity index (χ1) is 14.5. The van der Waals surface area contributed by atoms with Gasteiger partial charge in [-0.05, 0) is 50.2 Å². The molecule has 0 aliphatic carbocycles. The van der Waals surface area contributed by atoms with Gasteiger partial charge in [-0.3, -0.25) is 4.79 Å². The quantitative estimate of drug-likeness (QED) is 0.470. The topological polar surface area (TPSA) is 121 Å². The smallest absolute Gasteiger partial charge is 0.412 e. The van der Waals surface area contributed by atoms with E-state index < -0.39 is 23.4 Å². The average Bonchev–Trinajstić information content (AvgIpc) is 3.04. The molecule has 0 atom stereocenters. The summed E-state index contributed by atoms with van der Waals surface area (Å²) in [5.41, 5.74) is 5.35. The molecule has 0 saturated carbocycles. The Labute approximate surface area is 177 Å². The van der Waals surface area contributed by atoms with Gasteiger partial charge in [0.2, 0.25) is 5.91 Å². The zero-order valence-corrected chi connectivity index (χ0v) is 17.4. The lowest BCUT2D eigenvalue weighted by Crippen LogP contribution is -2.39. The average molecular weight is 428 g/mol. The second kappa shape index (κ2) is 8.10. The van der Waals surface area contributed by atoms with Crippen molar-refractivity contribution in [1.82, 2.24) is 5.32 Å². The Balaban J connectivity index is 2.30. The van der Waals surface area contributed by atoms with Gasteiger partial charge in [0.1, 0.15) is 28.5 Å². The number of amides is 2. The summed E-state index contributed by atoms with van der Waals surface area (Å²) in [6.07, 6.45) is -1.28. The number of primary amides is 1. The fraction of sp³-hybridized carbons (Fsp3) is 0.227. The van der Waals surface area contributed by atoms with Crippen LogP contribution in [0.2, 0.25) is 0 Å². The highest BCUT2D eigenvalue weighted by molar-refractivity contribution is 6.11. The van der Waals surface area contributed by atoms with Crippen LogP contribution in [0.4, 0.5) is 9.18 Å². The number of hydrogen-bond donors (Lipinski definition) is 2. The minimum Gasteiger partial charge on any atom is -0.496 e. The van der Waals surface area contributed by atoms with E-state index in [9.17, 15) is 18.8 Å². The van der Waals surface area contributed by atoms with E-state index in [0.29, 0.717) is 22.3 Å². The molecule has 8 nitrogen and oxygen atoms in total. The number of ether oxygens (including phenoxy) is 2. The fourth-order valence-electron chi connectivity index (χ4n) is 3.44. The van der Waals surface area contributed by atoms with Crippen LogP contribution in [0.3, 0.4) is 0 Å². The first kappa shape index (κ1) is 21.8. The molecule has 0 fully saturated rings. The minimum atomic E-state index is -1.28. The molecular formula is C22H21FN2O6. The molecule has 9 heteroatoms. The van der Waals surface area contributed by atoms with Crippen molar-refractivity contribution >= 4 is 28.9 Å². The third-order valence-electron chi connectivity index (χ3n) is 4.68. The lowest BCUT2D eigenvalue weighted by Gasteiger charge is -2.28. The van der Waals surface area contributed by atoms with Gasteiger partial charge in [0.25, 0.3) is 0 Å². The summed E-state index contributed by atoms with van der Waals surface area (Å²) in [4.78, 5) is 35.5. The summed E-state index contributed by atoms with van der Waals surface area (Å²) in [5, 5.41) is 3.12. The van der Waals surface area contributed by atoms with Crippen LogP contribution in [0.15, 0.2) is 40.8 Å². The summed E-state index contributed by atoms with van der Waals surface area (Å²) in [7, 11) is 1.44. The SMILES string of the molecule is COc1cc2c(C(=O)OC(N)=O)c(-c3ccc(F)cc3)oc2cc1C(C)(C)NC(C)=O. The Morgan fingerprint density at radius 1 is 1.13 bits per heavy atom. The van der Waals surface area contributed by atoms with E-state index in [1.807, 2.05) is 0 Å². The second-order valence-corrected chi connectivity index (χ2v) is 7.38. The van der Waals surface area contributed by atoms with Crippen LogP contribution >= 0.6 is 0 Å². The Morgan fingerprint density at radius 3 is 2.32 bits per heavy atom. The van der Waals surface area contributed by atoms with Crippen LogP contribution < -0.4 is 15.8 Å². The molecule has 0 spiro atoms. The molecule has 31 heavy (non-hydrogen) atoms. The Kier molecular flexibility index (Phi) is 5.70. The number of benzene rings is 2. The van der Waals surface area contributed by atoms with Crippen molar-refractivity contribution in [3.05, 3.63) is 53.3 Å². The van der Waals surface area contributed by atoms with Crippen LogP contribution in [0.25, 0.3) is 22.3 Å². The van der Waals surface area contributed by atoms with Gasteiger partial charge in [-0.1, -0.05) is 0 Å². The van der Waals surface area contributed by atoms with Crippen LogP contribution in [0, 0.1) is 5.82 Å². The van der Waals surface area contributed by atoms with Crippen molar-refractivity contribution in [3.8, 4) is 17.1 Å². The van der Waals surface area contributed by atoms with Crippen molar-refractivity contribution in [1.29, 1.82) is 0 Å². The van der Waals surface area contributed by atoms with Crippen molar-refractivity contribution in [3.63, 3.8) is 0 Å². The van der Waals surface area contributed by atoms with Gasteiger partial charge in [0.05, 0.1) is 12.6 Å². The highest BCUT2D eigenvalue weighted by Gasteiger charge is 2.30. The number of nitrogens with one attached hydrogen (secondary N) is 1. The monoisotopic (exact) mass is 428 g/mol. The maximum Gasteiger partial charge on any atom is 0.412 e. The van der Waals surface area contributed by atoms with E-state index in [2.05, 4.69) is 10.1 Å². The summed E-state index contributed by atoms with van der Waals surface area (Å²) >= 11 is 0. The minimum absolute atomic E-state index is 0.0670. The van der Waals surface area contributed by atoms with E-state index in [0.717, 1.165) is 0 Å². The fourth-order valence-corrected chi connectivity index (χ4v) is 3.44. The van der Waals surface area contributed by atoms with Gasteiger partial charge in [0.15, 0.2) is 0 Å². The number of halogens is 1. The number of fused-ring (bicyclic) bond motifs is 1. The summed E-state index contributed by atoms with van der Waals surface area (Å²) in [5.74, 6) is -1.31. The van der Waals surface area contributed by atoms with Crippen molar-refractivity contribution < 1.29 is 32.7 Å². The number of furan rings is 1. The second-order valence-electron chi connectivity index (χ2n) is 7.38. The molecule has 0 bridgehead atoms. The molecule has 1 heterocycles. The van der Waals surface area contributed by atoms with Crippen LogP contribution in [0.5, 0.6) is 5.75 Å². The van der Waals surface area contributed by atoms with Crippen LogP contribution in [-0.2, 0) is 15.1 Å². The van der Waals surface area contributed by atoms with Crippen molar-refractivity contribution in [2.24, 2.45) is 5.73 Å². The van der Waals surface area contributed by atoms with Gasteiger partial charge in [-0.2, -0.15) is 0 Å². The first-order valence-electron chi connectivity index (χ1n) is 9.24. The lowest BCUT2D eigenvalue weighted by atomic mass is 9.91. The maximum absolute atomic E-state index is 13.4. The number of methoxy groups -OCH3 is 1. The Morgan fingerprint density at radius 2 is 1.77 bits per heavy atom. The third-order valence-corrected chi connectivity index (χ3v) is 4.68. The van der Waals surface area contributed by atoms with Gasteiger partial charge >= 0.3 is 12.1 Å². The van der Waals surface area contributed by atoms with Gasteiger partial charge in [-0.25, -0.2) is 14.0 Å². The van der Waals surface area contributed by atoms with Gasteiger partial charge in [0, 0.05) is 23.4 Å². The molecule has 2 aromatic carbocycles. The van der Waals surface area contributed by atoms with E-state index in [4.69, 9.17) is 14.9 Å². The van der Waals surface area contributed by atoms with E-state index in [1.165, 1.54) is 38.3 Å². The molecule has 3 aromatic rings. The van der Waals surface area contributed by atoms with Crippen LogP contribution in [-0.4, -0.2) is 25.1 Å². The van der Waals surface area contributed by atoms with E-state index in [-0.39, 0.29) is 22.8 Å². The largest absolute Gasteiger partial charge is 0.496 e. The highest BCUT2D eigenvalue weighted by Crippen LogP contribution is 2.40. The Hall–Kier alpha value is -3.88. The molecule has 0 saturated heterocycles. The molecular weight excluding hydrogens is 407 g/mol. The van der Waals surface area contributed by atoms with Gasteiger partial charge in [-0.15, -0.1) is 0 Å². The zero-order valence-electron chi connectivity index (χ0n) is 17.4. The predicted octanol–water partition coefficient (Wildman–Crippen LogP) is 3.85. The standard InChI is InChI=1S/C22H21FN2O6/c1-11(26)25-22(2,3)15-10-16-14(9-17(15)29-4)18(20(27)31-21(24)28)19(30-16)12-5-7-13(23)8-6-12/h5-10H,1-4H3,(H2,24,28)(H,25,26). The number of rotatable bonds is 5. The van der Waals surface area contributed by atoms with Gasteiger partial charge < -0.3 is 24.9 Å². The number of esters is 1. The van der Waals surface area contributed by atoms with E-state index in [1.54, 1.807) is 26.0 Å². The maximum atomic E-state index is 13.4. The zero-order chi connectivity index (χ0) is 22.9.